The number of anilines is 1. The molecule has 0 fully saturated rings. The summed E-state index contributed by atoms with van der Waals surface area (Å²) in [6.07, 6.45) is -0.0000780. The van der Waals surface area contributed by atoms with Crippen molar-refractivity contribution in [1.82, 2.24) is 5.32 Å². The average molecular weight is 270 g/mol. The minimum absolute atomic E-state index is 0.285. The number of hydrogen-bond donors (Lipinski definition) is 3. The molecule has 0 aliphatic heterocycles. The standard InChI is InChI=1S/C13H19FN2O3/c1-3-19-12-8-10(14)4-5-11(12)16-13(18)15-7-6-9(2)17/h4-5,8-9,17H,3,6-7H2,1-2H3,(H2,15,16,18). The van der Waals surface area contributed by atoms with Crippen molar-refractivity contribution in [3.63, 3.8) is 0 Å². The summed E-state index contributed by atoms with van der Waals surface area (Å²) in [6.45, 7) is 4.15. The lowest BCUT2D eigenvalue weighted by Gasteiger charge is -2.12. The monoisotopic (exact) mass is 270 g/mol. The zero-order valence-electron chi connectivity index (χ0n) is 11.1. The van der Waals surface area contributed by atoms with Crippen LogP contribution in [-0.2, 0) is 0 Å². The highest BCUT2D eigenvalue weighted by atomic mass is 19.1. The number of carbonyl (C=O) groups is 1. The molecule has 6 heteroatoms. The van der Waals surface area contributed by atoms with Crippen molar-refractivity contribution < 1.29 is 19.0 Å². The molecule has 0 heterocycles. The van der Waals surface area contributed by atoms with Gasteiger partial charge in [-0.1, -0.05) is 0 Å². The van der Waals surface area contributed by atoms with Crippen molar-refractivity contribution in [3.05, 3.63) is 24.0 Å². The Labute approximate surface area is 111 Å². The summed E-state index contributed by atoms with van der Waals surface area (Å²) >= 11 is 0. The fourth-order valence-corrected chi connectivity index (χ4v) is 1.44. The molecular formula is C13H19FN2O3. The number of nitrogens with one attached hydrogen (secondary N) is 2. The smallest absolute Gasteiger partial charge is 0.319 e. The van der Waals surface area contributed by atoms with Gasteiger partial charge in [0.05, 0.1) is 18.4 Å². The molecule has 0 aliphatic carbocycles. The lowest BCUT2D eigenvalue weighted by atomic mass is 10.3. The zero-order valence-corrected chi connectivity index (χ0v) is 11.1. The predicted octanol–water partition coefficient (Wildman–Crippen LogP) is 2.12. The van der Waals surface area contributed by atoms with E-state index in [9.17, 15) is 9.18 Å². The van der Waals surface area contributed by atoms with Crippen LogP contribution in [0.25, 0.3) is 0 Å². The van der Waals surface area contributed by atoms with Gasteiger partial charge in [0.15, 0.2) is 0 Å². The number of aliphatic hydroxyl groups excluding tert-OH is 1. The average Bonchev–Trinajstić information content (AvgIpc) is 2.32. The van der Waals surface area contributed by atoms with E-state index in [2.05, 4.69) is 10.6 Å². The minimum atomic E-state index is -0.467. The Morgan fingerprint density at radius 3 is 2.89 bits per heavy atom. The van der Waals surface area contributed by atoms with Crippen LogP contribution in [0.15, 0.2) is 18.2 Å². The van der Waals surface area contributed by atoms with E-state index < -0.39 is 18.0 Å². The van der Waals surface area contributed by atoms with Gasteiger partial charge >= 0.3 is 6.03 Å². The Bertz CT molecular complexity index is 424. The van der Waals surface area contributed by atoms with Crippen LogP contribution in [0.3, 0.4) is 0 Å². The first-order valence-electron chi connectivity index (χ1n) is 6.18. The Kier molecular flexibility index (Phi) is 6.08. The third kappa shape index (κ3) is 5.56. The number of rotatable bonds is 6. The highest BCUT2D eigenvalue weighted by Gasteiger charge is 2.08. The van der Waals surface area contributed by atoms with Crippen molar-refractivity contribution in [3.8, 4) is 5.75 Å². The maximum Gasteiger partial charge on any atom is 0.319 e. The summed E-state index contributed by atoms with van der Waals surface area (Å²) < 4.78 is 18.3. The number of ether oxygens (including phenoxy) is 1. The van der Waals surface area contributed by atoms with E-state index in [1.54, 1.807) is 13.8 Å². The molecular weight excluding hydrogens is 251 g/mol. The van der Waals surface area contributed by atoms with Crippen molar-refractivity contribution in [2.24, 2.45) is 0 Å². The van der Waals surface area contributed by atoms with E-state index in [0.717, 1.165) is 0 Å². The fraction of sp³-hybridized carbons (Fsp3) is 0.462. The molecule has 1 aromatic carbocycles. The second-order valence-corrected chi connectivity index (χ2v) is 4.09. The molecule has 3 N–H and O–H groups in total. The number of carbonyl (C=O) groups excluding carboxylic acids is 1. The van der Waals surface area contributed by atoms with Crippen LogP contribution < -0.4 is 15.4 Å². The second-order valence-electron chi connectivity index (χ2n) is 4.09. The number of benzene rings is 1. The summed E-state index contributed by atoms with van der Waals surface area (Å²) in [5.74, 6) is -0.142. The van der Waals surface area contributed by atoms with Gasteiger partial charge in [-0.15, -0.1) is 0 Å². The number of aliphatic hydroxyl groups is 1. The lowest BCUT2D eigenvalue weighted by Crippen LogP contribution is -2.31. The van der Waals surface area contributed by atoms with E-state index in [1.165, 1.54) is 18.2 Å². The van der Waals surface area contributed by atoms with Gasteiger partial charge in [-0.05, 0) is 32.4 Å². The zero-order chi connectivity index (χ0) is 14.3. The van der Waals surface area contributed by atoms with E-state index in [4.69, 9.17) is 9.84 Å². The molecule has 19 heavy (non-hydrogen) atoms. The van der Waals surface area contributed by atoms with Gasteiger partial charge in [0, 0.05) is 12.6 Å². The SMILES string of the molecule is CCOc1cc(F)ccc1NC(=O)NCCC(C)O. The van der Waals surface area contributed by atoms with Crippen LogP contribution in [0.4, 0.5) is 14.9 Å². The van der Waals surface area contributed by atoms with Gasteiger partial charge in [-0.2, -0.15) is 0 Å². The Balaban J connectivity index is 2.58. The Morgan fingerprint density at radius 1 is 1.53 bits per heavy atom. The molecule has 1 atom stereocenters. The maximum atomic E-state index is 13.1. The van der Waals surface area contributed by atoms with E-state index in [1.807, 2.05) is 0 Å². The number of amides is 2. The third-order valence-corrected chi connectivity index (χ3v) is 2.34. The largest absolute Gasteiger partial charge is 0.492 e. The summed E-state index contributed by atoms with van der Waals surface area (Å²) in [5.41, 5.74) is 0.401. The molecule has 106 valence electrons. The van der Waals surface area contributed by atoms with Crippen LogP contribution in [0.2, 0.25) is 0 Å². The molecule has 1 aromatic rings. The summed E-state index contributed by atoms with van der Waals surface area (Å²) in [7, 11) is 0. The fourth-order valence-electron chi connectivity index (χ4n) is 1.44. The minimum Gasteiger partial charge on any atom is -0.492 e. The van der Waals surface area contributed by atoms with E-state index in [0.29, 0.717) is 25.3 Å². The van der Waals surface area contributed by atoms with Gasteiger partial charge in [0.25, 0.3) is 0 Å². The molecule has 5 nitrogen and oxygen atoms in total. The number of hydrogen-bond acceptors (Lipinski definition) is 3. The summed E-state index contributed by atoms with van der Waals surface area (Å²) in [6, 6.07) is 3.48. The molecule has 0 saturated carbocycles. The van der Waals surface area contributed by atoms with Crippen LogP contribution in [-0.4, -0.2) is 30.4 Å². The Hall–Kier alpha value is -1.82. The van der Waals surface area contributed by atoms with Gasteiger partial charge < -0.3 is 20.5 Å². The van der Waals surface area contributed by atoms with Gasteiger partial charge in [0.1, 0.15) is 11.6 Å². The maximum absolute atomic E-state index is 13.1. The van der Waals surface area contributed by atoms with Crippen LogP contribution >= 0.6 is 0 Å². The predicted molar refractivity (Wildman–Crippen MR) is 70.9 cm³/mol. The molecule has 2 amide bonds. The van der Waals surface area contributed by atoms with Crippen molar-refractivity contribution in [2.45, 2.75) is 26.4 Å². The number of halogens is 1. The molecule has 1 rings (SSSR count). The molecule has 0 aromatic heterocycles. The first kappa shape index (κ1) is 15.2. The second kappa shape index (κ2) is 7.58. The molecule has 0 saturated heterocycles. The van der Waals surface area contributed by atoms with Gasteiger partial charge in [-0.25, -0.2) is 9.18 Å². The summed E-state index contributed by atoms with van der Waals surface area (Å²) in [5, 5.41) is 14.2. The van der Waals surface area contributed by atoms with Crippen LogP contribution in [0.5, 0.6) is 5.75 Å². The topological polar surface area (TPSA) is 70.6 Å². The third-order valence-electron chi connectivity index (χ3n) is 2.34. The van der Waals surface area contributed by atoms with Crippen LogP contribution in [0, 0.1) is 5.82 Å². The summed E-state index contributed by atoms with van der Waals surface area (Å²) in [4.78, 5) is 11.6. The lowest BCUT2D eigenvalue weighted by molar-refractivity contribution is 0.184. The Morgan fingerprint density at radius 2 is 2.26 bits per heavy atom. The molecule has 1 unspecified atom stereocenters. The molecule has 0 aliphatic rings. The first-order chi connectivity index (χ1) is 9.02. The van der Waals surface area contributed by atoms with E-state index >= 15 is 0 Å². The molecule has 0 spiro atoms. The highest BCUT2D eigenvalue weighted by Crippen LogP contribution is 2.25. The number of urea groups is 1. The van der Waals surface area contributed by atoms with Gasteiger partial charge in [0.2, 0.25) is 0 Å². The first-order valence-corrected chi connectivity index (χ1v) is 6.18. The highest BCUT2D eigenvalue weighted by molar-refractivity contribution is 5.90. The van der Waals surface area contributed by atoms with Gasteiger partial charge in [-0.3, -0.25) is 0 Å². The normalized spacial score (nSPS) is 11.8. The molecule has 0 bridgehead atoms. The van der Waals surface area contributed by atoms with Crippen molar-refractivity contribution in [2.75, 3.05) is 18.5 Å². The van der Waals surface area contributed by atoms with E-state index in [-0.39, 0.29) is 5.75 Å². The quantitative estimate of drug-likeness (QED) is 0.741. The van der Waals surface area contributed by atoms with Crippen molar-refractivity contribution >= 4 is 11.7 Å². The van der Waals surface area contributed by atoms with Crippen LogP contribution in [0.1, 0.15) is 20.3 Å². The van der Waals surface area contributed by atoms with Crippen molar-refractivity contribution in [1.29, 1.82) is 0 Å². The molecule has 0 radical (unpaired) electrons.